The van der Waals surface area contributed by atoms with E-state index in [0.29, 0.717) is 5.82 Å². The van der Waals surface area contributed by atoms with Crippen molar-refractivity contribution < 1.29 is 0 Å². The van der Waals surface area contributed by atoms with Gasteiger partial charge in [-0.15, -0.1) is 0 Å². The summed E-state index contributed by atoms with van der Waals surface area (Å²) in [6, 6.07) is 0. The zero-order valence-corrected chi connectivity index (χ0v) is 16.1. The van der Waals surface area contributed by atoms with Crippen molar-refractivity contribution in [2.24, 2.45) is 59.2 Å². The molecule has 0 N–H and O–H groups in total. The monoisotopic (exact) mass is 336 g/mol. The lowest BCUT2D eigenvalue weighted by atomic mass is 9.46. The Balaban J connectivity index is 1.25. The molecule has 0 aromatic carbocycles. The van der Waals surface area contributed by atoms with Crippen molar-refractivity contribution >= 4 is 7.85 Å². The van der Waals surface area contributed by atoms with E-state index in [0.717, 1.165) is 59.2 Å². The van der Waals surface area contributed by atoms with Gasteiger partial charge in [0, 0.05) is 0 Å². The van der Waals surface area contributed by atoms with Gasteiger partial charge in [-0.2, -0.15) is 0 Å². The molecule has 2 bridgehead atoms. The first-order valence-corrected chi connectivity index (χ1v) is 12.1. The molecule has 136 valence electrons. The Hall–Kier alpha value is 0.0649. The molecule has 11 unspecified atom stereocenters. The van der Waals surface area contributed by atoms with Gasteiger partial charge in [-0.3, -0.25) is 0 Å². The minimum atomic E-state index is 0.568. The summed E-state index contributed by atoms with van der Waals surface area (Å²) in [5.41, 5.74) is 0. The quantitative estimate of drug-likeness (QED) is 0.458. The van der Waals surface area contributed by atoms with Crippen LogP contribution in [0.5, 0.6) is 0 Å². The van der Waals surface area contributed by atoms with E-state index in [1.807, 2.05) is 0 Å². The van der Waals surface area contributed by atoms with Crippen molar-refractivity contribution in [3.63, 3.8) is 0 Å². The highest BCUT2D eigenvalue weighted by molar-refractivity contribution is 6.12. The fourth-order valence-electron chi connectivity index (χ4n) is 8.99. The Labute approximate surface area is 156 Å². The summed E-state index contributed by atoms with van der Waals surface area (Å²) in [6.45, 7) is 0. The van der Waals surface area contributed by atoms with E-state index < -0.39 is 0 Å². The van der Waals surface area contributed by atoms with E-state index in [9.17, 15) is 0 Å². The van der Waals surface area contributed by atoms with Gasteiger partial charge in [0.05, 0.1) is 7.85 Å². The Morgan fingerprint density at radius 2 is 0.720 bits per heavy atom. The summed E-state index contributed by atoms with van der Waals surface area (Å²) >= 11 is 0. The van der Waals surface area contributed by atoms with Gasteiger partial charge in [0.25, 0.3) is 0 Å². The molecule has 0 spiro atoms. The van der Waals surface area contributed by atoms with E-state index >= 15 is 0 Å². The zero-order valence-electron chi connectivity index (χ0n) is 16.1. The Bertz CT molecular complexity index is 514. The number of rotatable bonds is 0. The first-order chi connectivity index (χ1) is 12.3. The fraction of sp³-hybridized carbons (Fsp3) is 1.00. The highest BCUT2D eigenvalue weighted by atomic mass is 14.6. The predicted octanol–water partition coefficient (Wildman–Crippen LogP) is 6.26. The van der Waals surface area contributed by atoms with Gasteiger partial charge in [-0.1, -0.05) is 37.9 Å². The van der Waals surface area contributed by atoms with Crippen LogP contribution in [0.15, 0.2) is 0 Å². The molecule has 11 atom stereocenters. The molecule has 0 aliphatic heterocycles. The van der Waals surface area contributed by atoms with E-state index in [-0.39, 0.29) is 0 Å². The standard InChI is InChI=1S/C24H37B/c25-24-22-12-13-23(24)21-11-10-20(21)19-9-8-18(19)16-6-4-14(16)2-1-3-15-5-7-17(15)22/h14-24H,1-13H2. The van der Waals surface area contributed by atoms with E-state index in [1.165, 1.54) is 38.5 Å². The molecule has 6 saturated carbocycles. The molecule has 0 aromatic heterocycles. The van der Waals surface area contributed by atoms with Crippen molar-refractivity contribution in [2.75, 3.05) is 0 Å². The van der Waals surface area contributed by atoms with Crippen molar-refractivity contribution in [1.29, 1.82) is 0 Å². The second-order valence-corrected chi connectivity index (χ2v) is 11.2. The smallest absolute Gasteiger partial charge is 0.0707 e. The first kappa shape index (κ1) is 16.1. The summed E-state index contributed by atoms with van der Waals surface area (Å²) < 4.78 is 0. The average Bonchev–Trinajstić information content (AvgIpc) is 2.86. The van der Waals surface area contributed by atoms with Gasteiger partial charge in [0.1, 0.15) is 0 Å². The third-order valence-electron chi connectivity index (χ3n) is 10.9. The molecule has 0 saturated heterocycles. The SMILES string of the molecule is [B]C1C2CCC1C1CCC1C1CCC1C1CCC1CCCC1CCC12. The number of hydrogen-bond donors (Lipinski definition) is 0. The molecular weight excluding hydrogens is 299 g/mol. The molecule has 1 heteroatoms. The largest absolute Gasteiger partial charge is 0.0713 e. The zero-order chi connectivity index (χ0) is 16.5. The maximum absolute atomic E-state index is 6.97. The molecule has 25 heavy (non-hydrogen) atoms. The maximum Gasteiger partial charge on any atom is 0.0707 e. The molecule has 6 aliphatic rings. The molecule has 6 fully saturated rings. The normalized spacial score (nSPS) is 60.1. The van der Waals surface area contributed by atoms with Crippen LogP contribution in [-0.4, -0.2) is 7.85 Å². The van der Waals surface area contributed by atoms with Crippen LogP contribution in [0.3, 0.4) is 0 Å². The highest BCUT2D eigenvalue weighted by Crippen LogP contribution is 2.64. The molecule has 6 aliphatic carbocycles. The summed E-state index contributed by atoms with van der Waals surface area (Å²) in [7, 11) is 6.97. The average molecular weight is 336 g/mol. The van der Waals surface area contributed by atoms with Crippen molar-refractivity contribution in [2.45, 2.75) is 89.3 Å². The topological polar surface area (TPSA) is 0 Å². The number of hydrogen-bond acceptors (Lipinski definition) is 0. The van der Waals surface area contributed by atoms with Crippen molar-refractivity contribution in [3.8, 4) is 0 Å². The van der Waals surface area contributed by atoms with Crippen LogP contribution in [-0.2, 0) is 0 Å². The molecule has 0 aromatic rings. The third kappa shape index (κ3) is 2.32. The Morgan fingerprint density at radius 1 is 0.360 bits per heavy atom. The van der Waals surface area contributed by atoms with Gasteiger partial charge in [0.15, 0.2) is 0 Å². The minimum absolute atomic E-state index is 0.568. The Morgan fingerprint density at radius 3 is 1.20 bits per heavy atom. The first-order valence-electron chi connectivity index (χ1n) is 12.1. The molecule has 2 radical (unpaired) electrons. The van der Waals surface area contributed by atoms with Gasteiger partial charge in [-0.05, 0) is 111 Å². The summed E-state index contributed by atoms with van der Waals surface area (Å²) in [4.78, 5) is 0. The van der Waals surface area contributed by atoms with Crippen LogP contribution in [0.25, 0.3) is 0 Å². The minimum Gasteiger partial charge on any atom is -0.0713 e. The van der Waals surface area contributed by atoms with Crippen LogP contribution in [0.2, 0.25) is 5.82 Å². The van der Waals surface area contributed by atoms with Gasteiger partial charge < -0.3 is 0 Å². The van der Waals surface area contributed by atoms with Gasteiger partial charge >= 0.3 is 0 Å². The summed E-state index contributed by atoms with van der Waals surface area (Å²) in [5.74, 6) is 11.1. The second-order valence-electron chi connectivity index (χ2n) is 11.2. The van der Waals surface area contributed by atoms with E-state index in [1.54, 1.807) is 44.9 Å². The third-order valence-corrected chi connectivity index (χ3v) is 10.9. The Kier molecular flexibility index (Phi) is 3.88. The summed E-state index contributed by atoms with van der Waals surface area (Å²) in [6.07, 6.45) is 20.1. The lowest BCUT2D eigenvalue weighted by molar-refractivity contribution is -0.0792. The molecule has 6 rings (SSSR count). The lowest BCUT2D eigenvalue weighted by Gasteiger charge is -2.58. The molecule has 0 heterocycles. The van der Waals surface area contributed by atoms with Gasteiger partial charge in [0.2, 0.25) is 0 Å². The van der Waals surface area contributed by atoms with Crippen molar-refractivity contribution in [3.05, 3.63) is 0 Å². The predicted molar refractivity (Wildman–Crippen MR) is 104 cm³/mol. The molecular formula is C24H37B. The maximum atomic E-state index is 6.97. The van der Waals surface area contributed by atoms with Crippen LogP contribution in [0.1, 0.15) is 83.5 Å². The second kappa shape index (κ2) is 6.03. The molecule has 0 amide bonds. The molecule has 0 nitrogen and oxygen atoms in total. The van der Waals surface area contributed by atoms with Crippen LogP contribution < -0.4 is 0 Å². The van der Waals surface area contributed by atoms with Crippen LogP contribution >= 0.6 is 0 Å². The van der Waals surface area contributed by atoms with Crippen molar-refractivity contribution in [1.82, 2.24) is 0 Å². The highest BCUT2D eigenvalue weighted by Gasteiger charge is 2.54. The van der Waals surface area contributed by atoms with Gasteiger partial charge in [-0.25, -0.2) is 0 Å². The number of fused-ring (bicyclic) bond motifs is 10. The van der Waals surface area contributed by atoms with E-state index in [4.69, 9.17) is 7.85 Å². The summed E-state index contributed by atoms with van der Waals surface area (Å²) in [5, 5.41) is 0. The fourth-order valence-corrected chi connectivity index (χ4v) is 8.99. The van der Waals surface area contributed by atoms with Crippen LogP contribution in [0.4, 0.5) is 0 Å². The lowest BCUT2D eigenvalue weighted by Crippen LogP contribution is -2.50. The van der Waals surface area contributed by atoms with Crippen LogP contribution in [0, 0.1) is 59.2 Å². The van der Waals surface area contributed by atoms with E-state index in [2.05, 4.69) is 0 Å².